The number of hydrogen-bond donors (Lipinski definition) is 4. The van der Waals surface area contributed by atoms with Crippen molar-refractivity contribution in [2.45, 2.75) is 49.3 Å². The van der Waals surface area contributed by atoms with Crippen molar-refractivity contribution >= 4 is 51.1 Å². The van der Waals surface area contributed by atoms with Gasteiger partial charge in [0, 0.05) is 24.7 Å². The largest absolute Gasteiger partial charge is 0.444 e. The van der Waals surface area contributed by atoms with Crippen molar-refractivity contribution in [1.29, 1.82) is 5.41 Å². The number of carbonyl (C=O) groups excluding carboxylic acids is 4. The molecule has 45 heavy (non-hydrogen) atoms. The number of sulfonamides is 1. The Morgan fingerprint density at radius 3 is 2.62 bits per heavy atom. The first kappa shape index (κ1) is 33.0. The Bertz CT molecular complexity index is 1650. The number of fused-ring (bicyclic) bond motifs is 1. The number of nitrogens with two attached hydrogens (primary N) is 1. The zero-order valence-corrected chi connectivity index (χ0v) is 25.2. The second kappa shape index (κ2) is 15.2. The van der Waals surface area contributed by atoms with E-state index in [1.165, 1.54) is 17.2 Å². The molecule has 0 bridgehead atoms. The summed E-state index contributed by atoms with van der Waals surface area (Å²) < 4.78 is 33.6. The van der Waals surface area contributed by atoms with Crippen LogP contribution < -0.4 is 15.8 Å². The molecule has 0 aliphatic carbocycles. The van der Waals surface area contributed by atoms with E-state index in [9.17, 15) is 27.6 Å². The molecule has 2 heterocycles. The Morgan fingerprint density at radius 1 is 1.13 bits per heavy atom. The molecule has 15 heteroatoms. The van der Waals surface area contributed by atoms with Crippen LogP contribution in [0.15, 0.2) is 71.8 Å². The highest BCUT2D eigenvalue weighted by Gasteiger charge is 2.35. The molecule has 3 aromatic rings. The lowest BCUT2D eigenvalue weighted by Crippen LogP contribution is -2.51. The standard InChI is InChI=1S/C30H35N7O7S/c31-29(32)37(30(41)44-20-21-8-2-1-3-9-21)17-6-12-23(19-38)35-28(40)24-13-7-16-36(24)26(39)18-34-45(42,43)25-14-4-10-22-11-5-15-33-27(22)25/h1-5,8-11,14-15,19,23-24,34H,6-7,12-13,16-18,20H2,(H3,31,32)(H,35,40)/t23-,24-/m0/s1. The predicted octanol–water partition coefficient (Wildman–Crippen LogP) is 1.50. The number of nitrogens with one attached hydrogen (secondary N) is 3. The molecular formula is C30H35N7O7S. The Morgan fingerprint density at radius 2 is 1.89 bits per heavy atom. The number of rotatable bonds is 13. The second-order valence-electron chi connectivity index (χ2n) is 10.4. The molecule has 238 valence electrons. The summed E-state index contributed by atoms with van der Waals surface area (Å²) in [5, 5.41) is 11.0. The molecule has 2 atom stereocenters. The van der Waals surface area contributed by atoms with Crippen molar-refractivity contribution in [3.8, 4) is 0 Å². The van der Waals surface area contributed by atoms with Crippen LogP contribution in [0.25, 0.3) is 10.9 Å². The molecule has 4 rings (SSSR count). The van der Waals surface area contributed by atoms with Crippen LogP contribution in [0.5, 0.6) is 0 Å². The number of carbonyl (C=O) groups is 4. The molecule has 1 fully saturated rings. The fraction of sp³-hybridized carbons (Fsp3) is 0.333. The number of amides is 3. The van der Waals surface area contributed by atoms with E-state index in [1.807, 2.05) is 6.07 Å². The fourth-order valence-corrected chi connectivity index (χ4v) is 6.15. The van der Waals surface area contributed by atoms with Gasteiger partial charge in [-0.2, -0.15) is 0 Å². The molecule has 0 saturated carbocycles. The van der Waals surface area contributed by atoms with Crippen LogP contribution in [0, 0.1) is 5.41 Å². The van der Waals surface area contributed by atoms with Crippen molar-refractivity contribution in [2.24, 2.45) is 5.73 Å². The molecule has 0 spiro atoms. The van der Waals surface area contributed by atoms with E-state index >= 15 is 0 Å². The minimum Gasteiger partial charge on any atom is -0.444 e. The van der Waals surface area contributed by atoms with Gasteiger partial charge in [-0.3, -0.25) is 20.0 Å². The van der Waals surface area contributed by atoms with E-state index < -0.39 is 52.5 Å². The molecule has 2 aromatic carbocycles. The highest BCUT2D eigenvalue weighted by Crippen LogP contribution is 2.21. The van der Waals surface area contributed by atoms with Crippen molar-refractivity contribution < 1.29 is 32.3 Å². The third-order valence-corrected chi connectivity index (χ3v) is 8.71. The van der Waals surface area contributed by atoms with Gasteiger partial charge < -0.3 is 25.5 Å². The molecule has 1 aliphatic rings. The number of aromatic nitrogens is 1. The van der Waals surface area contributed by atoms with Gasteiger partial charge in [0.2, 0.25) is 21.8 Å². The van der Waals surface area contributed by atoms with Crippen LogP contribution in [-0.4, -0.2) is 85.1 Å². The third-order valence-electron chi connectivity index (χ3n) is 7.28. The molecule has 1 aromatic heterocycles. The highest BCUT2D eigenvalue weighted by atomic mass is 32.2. The maximum atomic E-state index is 13.1. The molecule has 0 radical (unpaired) electrons. The van der Waals surface area contributed by atoms with Gasteiger partial charge in [-0.25, -0.2) is 22.8 Å². The summed E-state index contributed by atoms with van der Waals surface area (Å²) >= 11 is 0. The van der Waals surface area contributed by atoms with Crippen LogP contribution in [-0.2, 0) is 35.8 Å². The van der Waals surface area contributed by atoms with Crippen LogP contribution >= 0.6 is 0 Å². The maximum absolute atomic E-state index is 13.1. The first-order valence-corrected chi connectivity index (χ1v) is 15.8. The lowest BCUT2D eigenvalue weighted by molar-refractivity contribution is -0.138. The summed E-state index contributed by atoms with van der Waals surface area (Å²) in [6.45, 7) is -0.342. The monoisotopic (exact) mass is 637 g/mol. The molecule has 0 unspecified atom stereocenters. The van der Waals surface area contributed by atoms with Crippen LogP contribution in [0.1, 0.15) is 31.2 Å². The van der Waals surface area contributed by atoms with Gasteiger partial charge in [0.25, 0.3) is 0 Å². The predicted molar refractivity (Wildman–Crippen MR) is 164 cm³/mol. The molecule has 1 saturated heterocycles. The van der Waals surface area contributed by atoms with Crippen LogP contribution in [0.3, 0.4) is 0 Å². The van der Waals surface area contributed by atoms with Crippen LogP contribution in [0.4, 0.5) is 4.79 Å². The number of nitrogens with zero attached hydrogens (tertiary/aromatic N) is 3. The van der Waals surface area contributed by atoms with Crippen molar-refractivity contribution in [1.82, 2.24) is 24.8 Å². The van der Waals surface area contributed by atoms with E-state index in [1.54, 1.807) is 48.5 Å². The molecule has 3 amide bonds. The fourth-order valence-electron chi connectivity index (χ4n) is 5.00. The van der Waals surface area contributed by atoms with E-state index in [4.69, 9.17) is 15.9 Å². The summed E-state index contributed by atoms with van der Waals surface area (Å²) in [6, 6.07) is 15.3. The summed E-state index contributed by atoms with van der Waals surface area (Å²) in [5.41, 5.74) is 6.59. The summed E-state index contributed by atoms with van der Waals surface area (Å²) in [7, 11) is -4.09. The average molecular weight is 638 g/mol. The zero-order chi connectivity index (χ0) is 32.4. The second-order valence-corrected chi connectivity index (χ2v) is 12.1. The number of para-hydroxylation sites is 1. The van der Waals surface area contributed by atoms with Gasteiger partial charge in [-0.05, 0) is 43.4 Å². The first-order valence-electron chi connectivity index (χ1n) is 14.3. The Balaban J connectivity index is 1.28. The quantitative estimate of drug-likeness (QED) is 0.122. The first-order chi connectivity index (χ1) is 21.6. The Kier molecular flexibility index (Phi) is 11.2. The average Bonchev–Trinajstić information content (AvgIpc) is 3.54. The minimum atomic E-state index is -4.09. The van der Waals surface area contributed by atoms with Crippen LogP contribution in [0.2, 0.25) is 0 Å². The minimum absolute atomic E-state index is 0.00506. The van der Waals surface area contributed by atoms with Crippen molar-refractivity contribution in [2.75, 3.05) is 19.6 Å². The maximum Gasteiger partial charge on any atom is 0.416 e. The highest BCUT2D eigenvalue weighted by molar-refractivity contribution is 7.89. The molecular weight excluding hydrogens is 602 g/mol. The van der Waals surface area contributed by atoms with E-state index in [0.717, 1.165) is 10.5 Å². The Hall–Kier alpha value is -4.89. The number of aldehydes is 1. The van der Waals surface area contributed by atoms with E-state index in [2.05, 4.69) is 15.0 Å². The molecule has 14 nitrogen and oxygen atoms in total. The molecule has 5 N–H and O–H groups in total. The number of hydrogen-bond acceptors (Lipinski definition) is 9. The number of guanidine groups is 1. The van der Waals surface area contributed by atoms with E-state index in [-0.39, 0.29) is 43.0 Å². The van der Waals surface area contributed by atoms with Gasteiger partial charge in [0.1, 0.15) is 23.8 Å². The zero-order valence-electron chi connectivity index (χ0n) is 24.4. The Labute approximate surface area is 260 Å². The SMILES string of the molecule is N=C(N)N(CCC[C@@H](C=O)NC(=O)[C@@H]1CCCN1C(=O)CNS(=O)(=O)c1cccc2cccnc12)C(=O)OCc1ccccc1. The van der Waals surface area contributed by atoms with Gasteiger partial charge in [-0.15, -0.1) is 0 Å². The van der Waals surface area contributed by atoms with Gasteiger partial charge in [0.15, 0.2) is 5.96 Å². The van der Waals surface area contributed by atoms with Crippen molar-refractivity contribution in [3.05, 3.63) is 72.4 Å². The van der Waals surface area contributed by atoms with Gasteiger partial charge in [0.05, 0.1) is 18.1 Å². The number of pyridine rings is 1. The van der Waals surface area contributed by atoms with Gasteiger partial charge in [-0.1, -0.05) is 48.5 Å². The third kappa shape index (κ3) is 8.61. The summed E-state index contributed by atoms with van der Waals surface area (Å²) in [4.78, 5) is 56.7. The lowest BCUT2D eigenvalue weighted by Gasteiger charge is -2.26. The lowest BCUT2D eigenvalue weighted by atomic mass is 10.1. The summed E-state index contributed by atoms with van der Waals surface area (Å²) in [5.74, 6) is -1.66. The molecule has 1 aliphatic heterocycles. The van der Waals surface area contributed by atoms with Crippen molar-refractivity contribution in [3.63, 3.8) is 0 Å². The number of benzene rings is 2. The smallest absolute Gasteiger partial charge is 0.416 e. The normalized spacial score (nSPS) is 15.3. The number of ether oxygens (including phenoxy) is 1. The van der Waals surface area contributed by atoms with Gasteiger partial charge >= 0.3 is 6.09 Å². The van der Waals surface area contributed by atoms with E-state index in [0.29, 0.717) is 24.5 Å². The number of likely N-dealkylation sites (tertiary alicyclic amines) is 1. The topological polar surface area (TPSA) is 205 Å². The summed E-state index contributed by atoms with van der Waals surface area (Å²) in [6.07, 6.45) is 2.42.